The summed E-state index contributed by atoms with van der Waals surface area (Å²) < 4.78 is 7.66. The molecule has 0 spiro atoms. The highest BCUT2D eigenvalue weighted by Gasteiger charge is 2.43. The molecule has 3 heterocycles. The fraction of sp³-hybridized carbons (Fsp3) is 0.393. The van der Waals surface area contributed by atoms with Gasteiger partial charge in [0, 0.05) is 44.4 Å². The highest BCUT2D eigenvalue weighted by Crippen LogP contribution is 2.44. The van der Waals surface area contributed by atoms with Crippen molar-refractivity contribution in [3.8, 4) is 0 Å². The quantitative estimate of drug-likeness (QED) is 0.550. The average molecular weight is 519 g/mol. The highest BCUT2D eigenvalue weighted by molar-refractivity contribution is 6.30. The lowest BCUT2D eigenvalue weighted by atomic mass is 9.90. The number of carbonyl (C=O) groups excluding carboxylic acids is 1. The zero-order valence-corrected chi connectivity index (χ0v) is 21.9. The van der Waals surface area contributed by atoms with Crippen molar-refractivity contribution in [2.75, 3.05) is 26.2 Å². The van der Waals surface area contributed by atoms with E-state index in [0.717, 1.165) is 46.5 Å². The second-order valence-corrected chi connectivity index (χ2v) is 10.9. The van der Waals surface area contributed by atoms with Crippen LogP contribution in [-0.2, 0) is 11.8 Å². The van der Waals surface area contributed by atoms with Crippen LogP contribution >= 0.6 is 11.6 Å². The molecule has 3 aliphatic rings. The minimum Gasteiger partial charge on any atom is -0.443 e. The molecular weight excluding hydrogens is 488 g/mol. The summed E-state index contributed by atoms with van der Waals surface area (Å²) in [6.45, 7) is 4.62. The first kappa shape index (κ1) is 24.2. The Kier molecular flexibility index (Phi) is 6.06. The fourth-order valence-corrected chi connectivity index (χ4v) is 5.53. The second kappa shape index (κ2) is 9.28. The first-order valence-electron chi connectivity index (χ1n) is 12.7. The number of hydrogen-bond acceptors (Lipinski definition) is 6. The lowest BCUT2D eigenvalue weighted by molar-refractivity contribution is 0.0380. The first-order chi connectivity index (χ1) is 17.8. The molecule has 1 aromatic carbocycles. The second-order valence-electron chi connectivity index (χ2n) is 10.5. The molecule has 1 amide bonds. The van der Waals surface area contributed by atoms with Crippen LogP contribution in [0.5, 0.6) is 0 Å². The third-order valence-electron chi connectivity index (χ3n) is 7.80. The molecule has 8 nitrogen and oxygen atoms in total. The van der Waals surface area contributed by atoms with Crippen molar-refractivity contribution in [2.24, 2.45) is 12.8 Å². The number of halogens is 1. The predicted octanol–water partition coefficient (Wildman–Crippen LogP) is 4.42. The van der Waals surface area contributed by atoms with Crippen molar-refractivity contribution >= 4 is 29.3 Å². The summed E-state index contributed by atoms with van der Waals surface area (Å²) in [6, 6.07) is 9.56. The number of fused-ring (bicyclic) bond motifs is 2. The fourth-order valence-electron chi connectivity index (χ4n) is 5.36. The van der Waals surface area contributed by atoms with Crippen LogP contribution in [0.2, 0.25) is 5.02 Å². The van der Waals surface area contributed by atoms with Gasteiger partial charge in [-0.3, -0.25) is 9.88 Å². The number of aryl methyl sites for hydroxylation is 1. The van der Waals surface area contributed by atoms with Gasteiger partial charge in [0.1, 0.15) is 5.60 Å². The molecule has 37 heavy (non-hydrogen) atoms. The van der Waals surface area contributed by atoms with Crippen LogP contribution in [0.15, 0.2) is 49.1 Å². The van der Waals surface area contributed by atoms with Crippen molar-refractivity contribution in [2.45, 2.75) is 37.5 Å². The van der Waals surface area contributed by atoms with Crippen molar-refractivity contribution in [1.82, 2.24) is 24.3 Å². The van der Waals surface area contributed by atoms with E-state index in [2.05, 4.69) is 28.1 Å². The van der Waals surface area contributed by atoms with Gasteiger partial charge in [-0.15, -0.1) is 0 Å². The molecule has 192 valence electrons. The number of rotatable bonds is 4. The molecule has 2 N–H and O–H groups in total. The smallest absolute Gasteiger partial charge is 0.410 e. The molecule has 2 aliphatic carbocycles. The Hall–Kier alpha value is -3.20. The number of hydrogen-bond donors (Lipinski definition) is 1. The van der Waals surface area contributed by atoms with Gasteiger partial charge in [-0.2, -0.15) is 0 Å². The Morgan fingerprint density at radius 1 is 1.22 bits per heavy atom. The SMILES string of the molecule is Cn1cncc1[C@H](N)C1=Cc2cccnc2[C@@H](N2CCN(C(=O)OC3(C)CC3)CC2)c2ccc(Cl)cc21. The molecule has 1 saturated heterocycles. The van der Waals surface area contributed by atoms with Gasteiger partial charge in [0.25, 0.3) is 0 Å². The Balaban J connectivity index is 1.37. The van der Waals surface area contributed by atoms with Gasteiger partial charge in [-0.25, -0.2) is 9.78 Å². The number of pyridine rings is 1. The zero-order valence-electron chi connectivity index (χ0n) is 21.1. The van der Waals surface area contributed by atoms with E-state index >= 15 is 0 Å². The van der Waals surface area contributed by atoms with Crippen LogP contribution in [0.3, 0.4) is 0 Å². The minimum atomic E-state index is -0.396. The molecule has 2 atom stereocenters. The molecule has 6 rings (SSSR count). The standard InChI is InChI=1S/C28H31ClN6O2/c1-28(7-8-28)37-27(36)35-12-10-34(11-13-35)26-20-6-5-19(29)15-21(20)22(14-18-4-3-9-32-25(18)26)24(30)23-16-31-17-33(23)2/h3-6,9,14-17,24,26H,7-8,10-13,30H2,1-2H3/t24-,26+/m1/s1. The number of amides is 1. The number of nitrogens with two attached hydrogens (primary N) is 1. The number of carbonyl (C=O) groups is 1. The molecule has 0 bridgehead atoms. The van der Waals surface area contributed by atoms with Gasteiger partial charge in [0.2, 0.25) is 0 Å². The summed E-state index contributed by atoms with van der Waals surface area (Å²) in [7, 11) is 1.95. The molecule has 0 unspecified atom stereocenters. The Morgan fingerprint density at radius 2 is 2.00 bits per heavy atom. The van der Waals surface area contributed by atoms with E-state index in [1.165, 1.54) is 0 Å². The normalized spacial score (nSPS) is 21.4. The van der Waals surface area contributed by atoms with E-state index in [1.807, 2.05) is 54.0 Å². The van der Waals surface area contributed by atoms with Gasteiger partial charge in [-0.1, -0.05) is 23.7 Å². The van der Waals surface area contributed by atoms with Crippen LogP contribution in [0.1, 0.15) is 59.9 Å². The molecule has 3 aromatic rings. The van der Waals surface area contributed by atoms with Gasteiger partial charge in [0.05, 0.1) is 36.0 Å². The first-order valence-corrected chi connectivity index (χ1v) is 13.1. The van der Waals surface area contributed by atoms with E-state index in [4.69, 9.17) is 27.1 Å². The van der Waals surface area contributed by atoms with Crippen molar-refractivity contribution in [1.29, 1.82) is 0 Å². The largest absolute Gasteiger partial charge is 0.443 e. The maximum Gasteiger partial charge on any atom is 0.410 e. The molecule has 1 saturated carbocycles. The molecular formula is C28H31ClN6O2. The number of nitrogens with zero attached hydrogens (tertiary/aromatic N) is 5. The number of ether oxygens (including phenoxy) is 1. The van der Waals surface area contributed by atoms with E-state index in [1.54, 1.807) is 6.33 Å². The Bertz CT molecular complexity index is 1370. The van der Waals surface area contributed by atoms with Crippen LogP contribution in [-0.4, -0.2) is 62.2 Å². The van der Waals surface area contributed by atoms with Crippen LogP contribution in [0, 0.1) is 0 Å². The maximum atomic E-state index is 12.7. The summed E-state index contributed by atoms with van der Waals surface area (Å²) in [5.74, 6) is 0. The zero-order chi connectivity index (χ0) is 25.7. The lowest BCUT2D eigenvalue weighted by Gasteiger charge is -2.39. The minimum absolute atomic E-state index is 0.102. The van der Waals surface area contributed by atoms with Crippen LogP contribution in [0.25, 0.3) is 11.6 Å². The van der Waals surface area contributed by atoms with Crippen LogP contribution in [0.4, 0.5) is 4.79 Å². The topological polar surface area (TPSA) is 89.5 Å². The number of piperazine rings is 1. The summed E-state index contributed by atoms with van der Waals surface area (Å²) in [5.41, 5.74) is 12.6. The summed E-state index contributed by atoms with van der Waals surface area (Å²) in [5, 5.41) is 0.653. The van der Waals surface area contributed by atoms with Crippen molar-refractivity contribution in [3.05, 3.63) is 82.2 Å². The monoisotopic (exact) mass is 518 g/mol. The van der Waals surface area contributed by atoms with Gasteiger partial charge < -0.3 is 19.9 Å². The van der Waals surface area contributed by atoms with E-state index < -0.39 is 6.04 Å². The van der Waals surface area contributed by atoms with E-state index in [-0.39, 0.29) is 17.7 Å². The summed E-state index contributed by atoms with van der Waals surface area (Å²) in [4.78, 5) is 26.1. The third-order valence-corrected chi connectivity index (χ3v) is 8.03. The van der Waals surface area contributed by atoms with E-state index in [9.17, 15) is 4.79 Å². The molecule has 0 radical (unpaired) electrons. The van der Waals surface area contributed by atoms with Crippen molar-refractivity contribution in [3.63, 3.8) is 0 Å². The number of aromatic nitrogens is 3. The lowest BCUT2D eigenvalue weighted by Crippen LogP contribution is -2.50. The van der Waals surface area contributed by atoms with Gasteiger partial charge in [0.15, 0.2) is 0 Å². The third kappa shape index (κ3) is 4.54. The van der Waals surface area contributed by atoms with E-state index in [0.29, 0.717) is 31.2 Å². The molecule has 2 fully saturated rings. The van der Waals surface area contributed by atoms with Gasteiger partial charge >= 0.3 is 6.09 Å². The molecule has 1 aliphatic heterocycles. The molecule has 2 aromatic heterocycles. The summed E-state index contributed by atoms with van der Waals surface area (Å²) >= 11 is 6.54. The Morgan fingerprint density at radius 3 is 2.70 bits per heavy atom. The number of benzene rings is 1. The van der Waals surface area contributed by atoms with Gasteiger partial charge in [-0.05, 0) is 66.3 Å². The maximum absolute atomic E-state index is 12.7. The average Bonchev–Trinajstić information content (AvgIpc) is 3.50. The van der Waals surface area contributed by atoms with Crippen molar-refractivity contribution < 1.29 is 9.53 Å². The summed E-state index contributed by atoms with van der Waals surface area (Å²) in [6.07, 6.45) is 9.22. The molecule has 9 heteroatoms. The Labute approximate surface area is 221 Å². The number of imidazole rings is 1. The highest BCUT2D eigenvalue weighted by atomic mass is 35.5. The predicted molar refractivity (Wildman–Crippen MR) is 143 cm³/mol. The van der Waals surface area contributed by atoms with Crippen LogP contribution < -0.4 is 5.73 Å².